The van der Waals surface area contributed by atoms with Gasteiger partial charge in [-0.3, -0.25) is 9.59 Å². The standard InChI is InChI=1S/C8H7BO4.C3H3.BrH.Mg/c1-2-3-9-6(4-7(10)12-9)5-8(11)13-9;1-3-2;;/h4-5H2,1H3;1H3;1H;/q;-1;;+2/p-1. The Morgan fingerprint density at radius 3 is 1.94 bits per heavy atom. The summed E-state index contributed by atoms with van der Waals surface area (Å²) < 4.78 is 9.91. The Morgan fingerprint density at radius 1 is 1.22 bits per heavy atom. The van der Waals surface area contributed by atoms with E-state index in [0.717, 1.165) is 0 Å². The normalized spacial score (nSPS) is 17.1. The summed E-state index contributed by atoms with van der Waals surface area (Å²) in [5, 5.41) is 0. The third kappa shape index (κ3) is 4.17. The predicted octanol–water partition coefficient (Wildman–Crippen LogP) is -2.78. The van der Waals surface area contributed by atoms with Crippen molar-refractivity contribution in [1.29, 1.82) is 0 Å². The minimum atomic E-state index is -2.03. The van der Waals surface area contributed by atoms with E-state index in [1.807, 2.05) is 5.92 Å². The van der Waals surface area contributed by atoms with Crippen molar-refractivity contribution in [3.63, 3.8) is 0 Å². The van der Waals surface area contributed by atoms with Crippen molar-refractivity contribution in [2.24, 2.45) is 0 Å². The summed E-state index contributed by atoms with van der Waals surface area (Å²) in [7, 11) is 0. The Kier molecular flexibility index (Phi) is 9.09. The fraction of sp³-hybridized carbons (Fsp3) is 0.364. The van der Waals surface area contributed by atoms with Crippen LogP contribution in [0.3, 0.4) is 0 Å². The average Bonchev–Trinajstić information content (AvgIpc) is 2.57. The Hall–Kier alpha value is -0.759. The first kappa shape index (κ1) is 19.6. The van der Waals surface area contributed by atoms with E-state index in [4.69, 9.17) is 15.7 Å². The molecule has 2 aliphatic heterocycles. The molecule has 0 bridgehead atoms. The van der Waals surface area contributed by atoms with Gasteiger partial charge in [-0.2, -0.15) is 5.82 Å². The van der Waals surface area contributed by atoms with E-state index in [1.54, 1.807) is 13.8 Å². The fourth-order valence-electron chi connectivity index (χ4n) is 1.70. The number of rotatable bonds is 0. The van der Waals surface area contributed by atoms with Crippen LogP contribution < -0.4 is 17.0 Å². The van der Waals surface area contributed by atoms with Crippen LogP contribution in [0, 0.1) is 29.9 Å². The number of carbonyl (C=O) groups excluding carboxylic acids is 2. The molecule has 2 rings (SSSR count). The topological polar surface area (TPSA) is 52.6 Å². The van der Waals surface area contributed by atoms with Gasteiger partial charge in [-0.05, 0) is 13.8 Å². The largest absolute Gasteiger partial charge is 2.00 e. The molecule has 2 heterocycles. The quantitative estimate of drug-likeness (QED) is 0.275. The van der Waals surface area contributed by atoms with Crippen molar-refractivity contribution in [1.82, 2.24) is 0 Å². The van der Waals surface area contributed by atoms with E-state index in [2.05, 4.69) is 11.7 Å². The molecule has 0 aliphatic carbocycles. The summed E-state index contributed by atoms with van der Waals surface area (Å²) in [6.45, 7) is 1.13. The van der Waals surface area contributed by atoms with Gasteiger partial charge < -0.3 is 38.6 Å². The molecule has 4 nitrogen and oxygen atoms in total. The van der Waals surface area contributed by atoms with E-state index in [0.29, 0.717) is 5.82 Å². The molecule has 2 saturated heterocycles. The maximum absolute atomic E-state index is 11.0. The number of fused-ring (bicyclic) bond motifs is 1. The minimum Gasteiger partial charge on any atom is -1.00 e. The molecule has 0 atom stereocenters. The van der Waals surface area contributed by atoms with Crippen LogP contribution in [-0.2, 0) is 18.9 Å². The molecule has 2 aliphatic rings. The molecule has 0 aromatic rings. The van der Waals surface area contributed by atoms with Crippen molar-refractivity contribution in [2.45, 2.75) is 26.7 Å². The first-order chi connectivity index (χ1) is 7.57. The van der Waals surface area contributed by atoms with Crippen LogP contribution in [0.5, 0.6) is 0 Å². The fourth-order valence-corrected chi connectivity index (χ4v) is 1.70. The summed E-state index contributed by atoms with van der Waals surface area (Å²) >= 11 is 0. The molecule has 2 fully saturated rings. The van der Waals surface area contributed by atoms with Gasteiger partial charge in [0, 0.05) is 5.82 Å². The van der Waals surface area contributed by atoms with Crippen LogP contribution >= 0.6 is 0 Å². The second kappa shape index (κ2) is 8.36. The molecule has 0 aromatic heterocycles. The molecule has 0 saturated carbocycles. The average molecular weight is 321 g/mol. The number of hydrogen-bond donors (Lipinski definition) is 0. The van der Waals surface area contributed by atoms with Crippen molar-refractivity contribution in [3.05, 3.63) is 12.2 Å². The SMILES string of the molecule is CC#C[B-]12OC(=O)C[C+]1CC(=O)O2.[Br-].[C-]#CC.[Mg+2]. The summed E-state index contributed by atoms with van der Waals surface area (Å²) in [6.07, 6.45) is 6.29. The molecule has 0 amide bonds. The first-order valence-corrected chi connectivity index (χ1v) is 4.78. The second-order valence-corrected chi connectivity index (χ2v) is 3.35. The maximum atomic E-state index is 11.0. The molecule has 18 heavy (non-hydrogen) atoms. The van der Waals surface area contributed by atoms with Gasteiger partial charge in [0.1, 0.15) is 12.8 Å². The van der Waals surface area contributed by atoms with Crippen LogP contribution in [0.2, 0.25) is 0 Å². The van der Waals surface area contributed by atoms with Crippen molar-refractivity contribution in [2.75, 3.05) is 0 Å². The van der Waals surface area contributed by atoms with Gasteiger partial charge in [0.05, 0.1) is 0 Å². The summed E-state index contributed by atoms with van der Waals surface area (Å²) in [4.78, 5) is 21.9. The third-order valence-electron chi connectivity index (χ3n) is 2.21. The Bertz CT molecular complexity index is 401. The molecule has 0 unspecified atom stereocenters. The molecule has 7 heteroatoms. The monoisotopic (exact) mass is 320 g/mol. The number of hydrogen-bond acceptors (Lipinski definition) is 4. The van der Waals surface area contributed by atoms with Crippen LogP contribution in [0.4, 0.5) is 0 Å². The Balaban J connectivity index is 0. The molecule has 90 valence electrons. The Morgan fingerprint density at radius 2 is 1.61 bits per heavy atom. The molecule has 0 radical (unpaired) electrons. The molecule has 0 aromatic carbocycles. The zero-order valence-electron chi connectivity index (χ0n) is 10.2. The minimum absolute atomic E-state index is 0. The number of halogens is 1. The molecule has 0 N–H and O–H groups in total. The first-order valence-electron chi connectivity index (χ1n) is 4.78. The zero-order valence-corrected chi connectivity index (χ0v) is 13.2. The van der Waals surface area contributed by atoms with Crippen molar-refractivity contribution >= 4 is 41.5 Å². The summed E-state index contributed by atoms with van der Waals surface area (Å²) in [5.41, 5.74) is 0. The zero-order chi connectivity index (χ0) is 12.2. The van der Waals surface area contributed by atoms with Gasteiger partial charge >= 0.3 is 41.5 Å². The third-order valence-corrected chi connectivity index (χ3v) is 2.21. The van der Waals surface area contributed by atoms with E-state index in [-0.39, 0.29) is 64.8 Å². The van der Waals surface area contributed by atoms with E-state index < -0.39 is 6.55 Å². The van der Waals surface area contributed by atoms with Crippen molar-refractivity contribution in [3.8, 4) is 17.7 Å². The van der Waals surface area contributed by atoms with Crippen LogP contribution in [0.25, 0.3) is 0 Å². The van der Waals surface area contributed by atoms with E-state index in [9.17, 15) is 9.59 Å². The predicted molar refractivity (Wildman–Crippen MR) is 62.4 cm³/mol. The van der Waals surface area contributed by atoms with E-state index >= 15 is 0 Å². The molecular weight excluding hydrogens is 311 g/mol. The van der Waals surface area contributed by atoms with Crippen LogP contribution in [-0.4, -0.2) is 41.5 Å². The van der Waals surface area contributed by atoms with Gasteiger partial charge in [-0.1, -0.05) is 0 Å². The van der Waals surface area contributed by atoms with Gasteiger partial charge in [-0.25, -0.2) is 0 Å². The van der Waals surface area contributed by atoms with Gasteiger partial charge in [0.25, 0.3) is 0 Å². The summed E-state index contributed by atoms with van der Waals surface area (Å²) in [5.74, 6) is 7.26. The van der Waals surface area contributed by atoms with Gasteiger partial charge in [0.2, 0.25) is 0 Å². The molecular formula is C11H10BBrMgO4. The second-order valence-electron chi connectivity index (χ2n) is 3.35. The van der Waals surface area contributed by atoms with Gasteiger partial charge in [0.15, 0.2) is 0 Å². The molecule has 0 spiro atoms. The smallest absolute Gasteiger partial charge is 1.00 e. The maximum Gasteiger partial charge on any atom is 2.00 e. The van der Waals surface area contributed by atoms with Crippen LogP contribution in [0.1, 0.15) is 26.7 Å². The van der Waals surface area contributed by atoms with Gasteiger partial charge in [-0.15, -0.1) is 5.92 Å². The summed E-state index contributed by atoms with van der Waals surface area (Å²) in [6, 6.07) is 0. The van der Waals surface area contributed by atoms with Crippen LogP contribution in [0.15, 0.2) is 0 Å². The number of carbonyl (C=O) groups is 2. The Labute approximate surface area is 133 Å². The van der Waals surface area contributed by atoms with Crippen molar-refractivity contribution < 1.29 is 35.9 Å². The van der Waals surface area contributed by atoms with E-state index in [1.165, 1.54) is 0 Å².